The van der Waals surface area contributed by atoms with Crippen LogP contribution in [0.25, 0.3) is 0 Å². The molecular formula is C35H40FN3O4. The Morgan fingerprint density at radius 1 is 0.860 bits per heavy atom. The van der Waals surface area contributed by atoms with Gasteiger partial charge in [0.2, 0.25) is 0 Å². The number of amides is 3. The van der Waals surface area contributed by atoms with Gasteiger partial charge in [-0.15, -0.1) is 0 Å². The number of rotatable bonds is 11. The Labute approximate surface area is 252 Å². The Morgan fingerprint density at radius 2 is 1.47 bits per heavy atom. The van der Waals surface area contributed by atoms with Crippen LogP contribution in [0.4, 0.5) is 14.9 Å². The van der Waals surface area contributed by atoms with Crippen molar-refractivity contribution in [2.24, 2.45) is 17.8 Å². The molecule has 0 radical (unpaired) electrons. The lowest BCUT2D eigenvalue weighted by Crippen LogP contribution is -2.61. The summed E-state index contributed by atoms with van der Waals surface area (Å²) in [5.74, 6) is 3.03. The average Bonchev–Trinajstić information content (AvgIpc) is 2.97. The van der Waals surface area contributed by atoms with Gasteiger partial charge in [0.25, 0.3) is 5.91 Å². The van der Waals surface area contributed by atoms with E-state index in [-0.39, 0.29) is 23.3 Å². The highest BCUT2D eigenvalue weighted by molar-refractivity contribution is 6.04. The Balaban J connectivity index is 1.05. The van der Waals surface area contributed by atoms with Crippen LogP contribution in [0.5, 0.6) is 11.5 Å². The minimum atomic E-state index is -0.413. The van der Waals surface area contributed by atoms with Crippen molar-refractivity contribution in [1.29, 1.82) is 0 Å². The highest BCUT2D eigenvalue weighted by Gasteiger charge is 2.51. The van der Waals surface area contributed by atoms with Crippen molar-refractivity contribution in [2.45, 2.75) is 63.5 Å². The van der Waals surface area contributed by atoms with Gasteiger partial charge in [-0.1, -0.05) is 12.1 Å². The van der Waals surface area contributed by atoms with E-state index < -0.39 is 6.10 Å². The predicted octanol–water partition coefficient (Wildman–Crippen LogP) is 7.25. The van der Waals surface area contributed by atoms with Gasteiger partial charge >= 0.3 is 6.03 Å². The molecule has 7 rings (SSSR count). The molecule has 1 atom stereocenters. The normalized spacial score (nSPS) is 24.2. The molecule has 0 saturated heterocycles. The smallest absolute Gasteiger partial charge is 0.315 e. The van der Waals surface area contributed by atoms with Crippen LogP contribution >= 0.6 is 0 Å². The number of nitrogens with one attached hydrogen (secondary N) is 3. The number of carbonyl (C=O) groups excluding carboxylic acids is 2. The lowest BCUT2D eigenvalue weighted by molar-refractivity contribution is -0.0135. The Morgan fingerprint density at radius 3 is 2.07 bits per heavy atom. The van der Waals surface area contributed by atoms with Crippen molar-refractivity contribution in [3.63, 3.8) is 0 Å². The van der Waals surface area contributed by atoms with Crippen LogP contribution in [0.3, 0.4) is 0 Å². The molecule has 0 spiro atoms. The van der Waals surface area contributed by atoms with Crippen molar-refractivity contribution < 1.29 is 23.5 Å². The van der Waals surface area contributed by atoms with E-state index in [9.17, 15) is 14.0 Å². The molecule has 8 heteroatoms. The SMILES string of the molecule is CCOc1ccc(NC(=O)c2ccc(OC(CCNC(=O)NC34CC5CC(CC(C5)C3)C4)c3ccc(F)cc3)cc2)cc1. The van der Waals surface area contributed by atoms with Gasteiger partial charge in [0.05, 0.1) is 6.61 Å². The van der Waals surface area contributed by atoms with E-state index in [1.54, 1.807) is 48.5 Å². The Hall–Kier alpha value is -4.07. The molecule has 4 bridgehead atoms. The molecule has 3 amide bonds. The molecular weight excluding hydrogens is 545 g/mol. The molecule has 3 aromatic rings. The summed E-state index contributed by atoms with van der Waals surface area (Å²) in [6.45, 7) is 2.91. The van der Waals surface area contributed by atoms with Crippen LogP contribution in [-0.4, -0.2) is 30.6 Å². The summed E-state index contributed by atoms with van der Waals surface area (Å²) in [5.41, 5.74) is 1.92. The number of anilines is 1. The third-order valence-electron chi connectivity index (χ3n) is 9.17. The second kappa shape index (κ2) is 12.7. The van der Waals surface area contributed by atoms with Crippen LogP contribution in [0.1, 0.15) is 73.9 Å². The summed E-state index contributed by atoms with van der Waals surface area (Å²) >= 11 is 0. The third-order valence-corrected chi connectivity index (χ3v) is 9.17. The monoisotopic (exact) mass is 585 g/mol. The molecule has 43 heavy (non-hydrogen) atoms. The van der Waals surface area contributed by atoms with Gasteiger partial charge in [-0.05, 0) is 129 Å². The molecule has 4 fully saturated rings. The number of urea groups is 1. The van der Waals surface area contributed by atoms with E-state index in [2.05, 4.69) is 16.0 Å². The Bertz CT molecular complexity index is 1370. The second-order valence-electron chi connectivity index (χ2n) is 12.5. The number of carbonyl (C=O) groups is 2. The second-order valence-corrected chi connectivity index (χ2v) is 12.5. The number of hydrogen-bond acceptors (Lipinski definition) is 4. The minimum Gasteiger partial charge on any atom is -0.494 e. The zero-order valence-electron chi connectivity index (χ0n) is 24.6. The van der Waals surface area contributed by atoms with Gasteiger partial charge < -0.3 is 25.4 Å². The van der Waals surface area contributed by atoms with Gasteiger partial charge in [0.1, 0.15) is 23.4 Å². The summed E-state index contributed by atoms with van der Waals surface area (Å²) in [6.07, 6.45) is 7.37. The van der Waals surface area contributed by atoms with E-state index in [0.717, 1.165) is 48.3 Å². The predicted molar refractivity (Wildman–Crippen MR) is 164 cm³/mol. The molecule has 1 unspecified atom stereocenters. The highest BCUT2D eigenvalue weighted by atomic mass is 19.1. The van der Waals surface area contributed by atoms with Crippen LogP contribution in [-0.2, 0) is 0 Å². The van der Waals surface area contributed by atoms with Gasteiger partial charge in [-0.25, -0.2) is 9.18 Å². The van der Waals surface area contributed by atoms with Crippen molar-refractivity contribution in [3.05, 3.63) is 89.7 Å². The fourth-order valence-corrected chi connectivity index (χ4v) is 7.69. The number of ether oxygens (including phenoxy) is 2. The highest BCUT2D eigenvalue weighted by Crippen LogP contribution is 2.55. The molecule has 3 aromatic carbocycles. The molecule has 4 saturated carbocycles. The third kappa shape index (κ3) is 7.12. The number of hydrogen-bond donors (Lipinski definition) is 3. The van der Waals surface area contributed by atoms with Gasteiger partial charge in [-0.2, -0.15) is 0 Å². The molecule has 0 heterocycles. The largest absolute Gasteiger partial charge is 0.494 e. The quantitative estimate of drug-likeness (QED) is 0.221. The summed E-state index contributed by atoms with van der Waals surface area (Å²) in [7, 11) is 0. The van der Waals surface area contributed by atoms with E-state index in [0.29, 0.717) is 36.6 Å². The fourth-order valence-electron chi connectivity index (χ4n) is 7.69. The zero-order valence-corrected chi connectivity index (χ0v) is 24.6. The molecule has 4 aliphatic rings. The molecule has 7 nitrogen and oxygen atoms in total. The summed E-state index contributed by atoms with van der Waals surface area (Å²) in [4.78, 5) is 25.8. The van der Waals surface area contributed by atoms with Gasteiger partial charge in [-0.3, -0.25) is 4.79 Å². The van der Waals surface area contributed by atoms with Crippen molar-refractivity contribution in [3.8, 4) is 11.5 Å². The van der Waals surface area contributed by atoms with E-state index in [1.807, 2.05) is 19.1 Å². The van der Waals surface area contributed by atoms with Crippen molar-refractivity contribution in [2.75, 3.05) is 18.5 Å². The van der Waals surface area contributed by atoms with Crippen molar-refractivity contribution >= 4 is 17.6 Å². The maximum Gasteiger partial charge on any atom is 0.315 e. The topological polar surface area (TPSA) is 88.7 Å². The first kappa shape index (κ1) is 29.0. The first-order valence-electron chi connectivity index (χ1n) is 15.5. The first-order chi connectivity index (χ1) is 20.9. The van der Waals surface area contributed by atoms with E-state index in [1.165, 1.54) is 31.4 Å². The maximum absolute atomic E-state index is 13.7. The van der Waals surface area contributed by atoms with Gasteiger partial charge in [0.15, 0.2) is 0 Å². The standard InChI is InChI=1S/C35H40FN3O4/c1-2-42-30-13-9-29(10-14-30)38-33(40)27-5-11-31(12-6-27)43-32(26-3-7-28(36)8-4-26)15-16-37-34(41)39-35-20-23-17-24(21-35)19-25(18-23)22-35/h3-14,23-25,32H,2,15-22H2,1H3,(H,38,40)(H2,37,39,41). The summed E-state index contributed by atoms with van der Waals surface area (Å²) in [5, 5.41) is 9.29. The maximum atomic E-state index is 13.7. The Kier molecular flexibility index (Phi) is 8.54. The van der Waals surface area contributed by atoms with E-state index >= 15 is 0 Å². The number of benzene rings is 3. The average molecular weight is 586 g/mol. The van der Waals surface area contributed by atoms with Gasteiger partial charge in [0, 0.05) is 29.8 Å². The first-order valence-corrected chi connectivity index (χ1v) is 15.5. The molecule has 0 aliphatic heterocycles. The summed E-state index contributed by atoms with van der Waals surface area (Å²) < 4.78 is 25.4. The minimum absolute atomic E-state index is 0.0490. The van der Waals surface area contributed by atoms with Crippen molar-refractivity contribution in [1.82, 2.24) is 10.6 Å². The molecule has 226 valence electrons. The number of halogens is 1. The molecule has 0 aromatic heterocycles. The van der Waals surface area contributed by atoms with Crippen LogP contribution in [0, 0.1) is 23.6 Å². The zero-order chi connectivity index (χ0) is 29.8. The molecule has 3 N–H and O–H groups in total. The lowest BCUT2D eigenvalue weighted by Gasteiger charge is -2.56. The fraction of sp³-hybridized carbons (Fsp3) is 0.429. The van der Waals surface area contributed by atoms with E-state index in [4.69, 9.17) is 9.47 Å². The van der Waals surface area contributed by atoms with Crippen LogP contribution in [0.2, 0.25) is 0 Å². The van der Waals surface area contributed by atoms with Crippen LogP contribution < -0.4 is 25.4 Å². The summed E-state index contributed by atoms with van der Waals surface area (Å²) in [6, 6.07) is 20.2. The van der Waals surface area contributed by atoms with Crippen LogP contribution in [0.15, 0.2) is 72.8 Å². The lowest BCUT2D eigenvalue weighted by atomic mass is 9.53. The molecule has 4 aliphatic carbocycles.